The number of aromatic nitrogens is 8. The fourth-order valence-electron chi connectivity index (χ4n) is 11.3. The van der Waals surface area contributed by atoms with Crippen LogP contribution in [0.25, 0.3) is 89.7 Å². The molecule has 13 heterocycles. The third kappa shape index (κ3) is 3.58. The van der Waals surface area contributed by atoms with Crippen molar-refractivity contribution in [2.45, 2.75) is 48.8 Å². The summed E-state index contributed by atoms with van der Waals surface area (Å²) < 4.78 is 25.2. The molecule has 12 nitrogen and oxygen atoms in total. The average Bonchev–Trinajstić information content (AvgIpc) is 4.13. The van der Waals surface area contributed by atoms with E-state index in [1.54, 1.807) is 0 Å². The normalized spacial score (nSPS) is 27.5. The van der Waals surface area contributed by atoms with Crippen molar-refractivity contribution in [1.82, 2.24) is 39.9 Å². The molecular formula is C48H26N8O4. The first-order valence-corrected chi connectivity index (χ1v) is 20.5. The first-order valence-electron chi connectivity index (χ1n) is 20.5. The highest BCUT2D eigenvalue weighted by molar-refractivity contribution is 6.09. The van der Waals surface area contributed by atoms with Crippen LogP contribution in [0.4, 0.5) is 0 Å². The van der Waals surface area contributed by atoms with E-state index in [-0.39, 0.29) is 48.8 Å². The Bertz CT molecular complexity index is 3420. The Hall–Kier alpha value is -6.96. The van der Waals surface area contributed by atoms with Crippen LogP contribution >= 0.6 is 0 Å². The van der Waals surface area contributed by atoms with Crippen molar-refractivity contribution < 1.29 is 18.9 Å². The molecule has 0 spiro atoms. The number of H-pyrrole nitrogens is 2. The molecule has 0 amide bonds. The monoisotopic (exact) mass is 778 g/mol. The van der Waals surface area contributed by atoms with Crippen LogP contribution in [0.1, 0.15) is 93.3 Å². The molecule has 12 heteroatoms. The van der Waals surface area contributed by atoms with E-state index in [9.17, 15) is 0 Å². The van der Waals surface area contributed by atoms with Gasteiger partial charge in [0, 0.05) is 43.8 Å². The molecule has 3 aromatic heterocycles. The number of nitrogens with zero attached hydrogens (tertiary/aromatic N) is 6. The van der Waals surface area contributed by atoms with Crippen molar-refractivity contribution in [3.05, 3.63) is 142 Å². The van der Waals surface area contributed by atoms with Crippen LogP contribution in [0.5, 0.6) is 0 Å². The number of hydrogen-bond acceptors (Lipinski definition) is 10. The number of hydrogen-bond donors (Lipinski definition) is 2. The summed E-state index contributed by atoms with van der Waals surface area (Å²) in [6.07, 6.45) is 16.3. The van der Waals surface area contributed by atoms with Crippen LogP contribution in [0.2, 0.25) is 0 Å². The lowest BCUT2D eigenvalue weighted by Gasteiger charge is -2.10. The molecule has 17 rings (SSSR count). The molecule has 0 saturated heterocycles. The quantitative estimate of drug-likeness (QED) is 0.143. The van der Waals surface area contributed by atoms with Crippen molar-refractivity contribution in [3.8, 4) is 45.6 Å². The zero-order valence-corrected chi connectivity index (χ0v) is 31.2. The summed E-state index contributed by atoms with van der Waals surface area (Å²) in [5.41, 5.74) is 15.3. The predicted molar refractivity (Wildman–Crippen MR) is 219 cm³/mol. The second-order valence-electron chi connectivity index (χ2n) is 17.2. The van der Waals surface area contributed by atoms with Crippen molar-refractivity contribution in [1.29, 1.82) is 0 Å². The first-order chi connectivity index (χ1) is 29.6. The Morgan fingerprint density at radius 1 is 0.283 bits per heavy atom. The fourth-order valence-corrected chi connectivity index (χ4v) is 11.3. The van der Waals surface area contributed by atoms with Crippen molar-refractivity contribution in [3.63, 3.8) is 0 Å². The van der Waals surface area contributed by atoms with E-state index in [1.165, 1.54) is 0 Å². The van der Waals surface area contributed by atoms with Crippen LogP contribution in [-0.4, -0.2) is 39.9 Å². The Morgan fingerprint density at radius 2 is 0.517 bits per heavy atom. The Morgan fingerprint density at radius 3 is 0.800 bits per heavy atom. The number of nitrogens with one attached hydrogen (secondary N) is 2. The number of fused-ring (bicyclic) bond motifs is 40. The molecule has 7 aromatic rings. The summed E-state index contributed by atoms with van der Waals surface area (Å²) in [5, 5.41) is 3.76. The molecular weight excluding hydrogens is 753 g/mol. The van der Waals surface area contributed by atoms with Crippen molar-refractivity contribution in [2.24, 2.45) is 0 Å². The minimum atomic E-state index is -0.0990. The van der Waals surface area contributed by atoms with Gasteiger partial charge in [0.05, 0.1) is 0 Å². The van der Waals surface area contributed by atoms with Crippen LogP contribution in [0.3, 0.4) is 0 Å². The Kier molecular flexibility index (Phi) is 4.97. The standard InChI is InChI=1S/C48H26N8O4/c1-2-34-18-10-26-25(9-17(18)33(1)57-34)41-49-42(26)54-44-29-13-21-22(38-6-5-37(21)59-38)14-30(29)46(51-44)56-48-32-16-24-23(39-7-8-40(24)60-39)15-31(32)47(52-48)55-45-28-12-20-19(35-3-4-36(20)58-35)11-27(28)43(50-45)53-41/h1-16,33-40H,(H2,49,50,51,52,53,54,55,56)/t33-,34+,35-,36+,37-,38+,39+,40-. The largest absolute Gasteiger partial charge is 0.357 e. The smallest absolute Gasteiger partial charge is 0.164 e. The van der Waals surface area contributed by atoms with E-state index in [0.29, 0.717) is 45.9 Å². The summed E-state index contributed by atoms with van der Waals surface area (Å²) in [7, 11) is 0. The Balaban J connectivity index is 1.03. The van der Waals surface area contributed by atoms with Gasteiger partial charge in [-0.2, -0.15) is 0 Å². The second-order valence-corrected chi connectivity index (χ2v) is 17.2. The van der Waals surface area contributed by atoms with Gasteiger partial charge >= 0.3 is 0 Å². The van der Waals surface area contributed by atoms with Gasteiger partial charge in [-0.25, -0.2) is 29.9 Å². The zero-order valence-electron chi connectivity index (χ0n) is 31.2. The topological polar surface area (TPSA) is 146 Å². The summed E-state index contributed by atoms with van der Waals surface area (Å²) in [5.74, 6) is 2.20. The third-order valence-corrected chi connectivity index (χ3v) is 14.1. The molecule has 2 N–H and O–H groups in total. The maximum absolute atomic E-state index is 6.31. The molecule has 0 radical (unpaired) electrons. The maximum atomic E-state index is 6.31. The third-order valence-electron chi connectivity index (χ3n) is 14.1. The SMILES string of the molecule is C1=C[C@H]2O[C@@H]1c1cc3c(cc12)-c1nc2nc(nc4[nH]c(nc5[nH]c(nc-3n1)c1cc3c(cc51)[C@H]1C=C[C@@H]3O1)c1cc3c(cc41)[C@@H]1C=C[C@H]3O1)-c1cc3c(cc1-2)[C@@H]1C=C[C@H]3O1. The number of benzene rings is 4. The lowest BCUT2D eigenvalue weighted by Crippen LogP contribution is -1.96. The summed E-state index contributed by atoms with van der Waals surface area (Å²) in [6.45, 7) is 0. The van der Waals surface area contributed by atoms with E-state index < -0.39 is 0 Å². The van der Waals surface area contributed by atoms with Gasteiger partial charge in [-0.05, 0) is 93.0 Å². The van der Waals surface area contributed by atoms with Gasteiger partial charge in [0.25, 0.3) is 0 Å². The molecule has 4 aromatic carbocycles. The second kappa shape index (κ2) is 9.90. The lowest BCUT2D eigenvalue weighted by molar-refractivity contribution is 0.0877. The van der Waals surface area contributed by atoms with Gasteiger partial charge in [-0.15, -0.1) is 0 Å². The molecule has 10 aliphatic heterocycles. The first kappa shape index (κ1) is 30.1. The van der Waals surface area contributed by atoms with Crippen LogP contribution in [-0.2, 0) is 18.9 Å². The van der Waals surface area contributed by atoms with E-state index in [1.807, 2.05) is 0 Å². The lowest BCUT2D eigenvalue weighted by atomic mass is 9.91. The number of aromatic amines is 2. The zero-order chi connectivity index (χ0) is 38.3. The highest BCUT2D eigenvalue weighted by Gasteiger charge is 2.40. The molecule has 10 aliphatic rings. The van der Waals surface area contributed by atoms with Gasteiger partial charge < -0.3 is 28.9 Å². The minimum absolute atomic E-state index is 0.0870. The molecule has 0 unspecified atom stereocenters. The van der Waals surface area contributed by atoms with E-state index in [2.05, 4.69) is 107 Å². The minimum Gasteiger partial charge on any atom is -0.357 e. The van der Waals surface area contributed by atoms with E-state index in [4.69, 9.17) is 48.9 Å². The summed E-state index contributed by atoms with van der Waals surface area (Å²) >= 11 is 0. The van der Waals surface area contributed by atoms with Crippen LogP contribution in [0.15, 0.2) is 97.1 Å². The molecule has 8 atom stereocenters. The van der Waals surface area contributed by atoms with Crippen molar-refractivity contribution in [2.75, 3.05) is 0 Å². The summed E-state index contributed by atoms with van der Waals surface area (Å²) in [4.78, 5) is 39.3. The molecule has 282 valence electrons. The van der Waals surface area contributed by atoms with Gasteiger partial charge in [-0.3, -0.25) is 0 Å². The molecule has 60 heavy (non-hydrogen) atoms. The van der Waals surface area contributed by atoms with Crippen LogP contribution < -0.4 is 0 Å². The maximum Gasteiger partial charge on any atom is 0.164 e. The molecule has 0 aliphatic carbocycles. The van der Waals surface area contributed by atoms with Gasteiger partial charge in [0.2, 0.25) is 0 Å². The highest BCUT2D eigenvalue weighted by atomic mass is 16.5. The molecule has 0 fully saturated rings. The van der Waals surface area contributed by atoms with E-state index in [0.717, 1.165) is 88.3 Å². The molecule has 0 saturated carbocycles. The highest BCUT2D eigenvalue weighted by Crippen LogP contribution is 2.53. The number of rotatable bonds is 0. The predicted octanol–water partition coefficient (Wildman–Crippen LogP) is 9.60. The van der Waals surface area contributed by atoms with Gasteiger partial charge in [-0.1, -0.05) is 48.6 Å². The number of ether oxygens (including phenoxy) is 4. The van der Waals surface area contributed by atoms with Gasteiger partial charge in [0.1, 0.15) is 71.4 Å². The fraction of sp³-hybridized carbons (Fsp3) is 0.167. The summed E-state index contributed by atoms with van der Waals surface area (Å²) in [6, 6.07) is 17.6. The van der Waals surface area contributed by atoms with E-state index >= 15 is 0 Å². The van der Waals surface area contributed by atoms with Crippen molar-refractivity contribution >= 4 is 44.1 Å². The average molecular weight is 779 g/mol. The van der Waals surface area contributed by atoms with Crippen LogP contribution in [0, 0.1) is 0 Å². The Labute approximate surface area is 338 Å². The molecule has 16 bridgehead atoms. The van der Waals surface area contributed by atoms with Gasteiger partial charge in [0.15, 0.2) is 23.3 Å².